The Bertz CT molecular complexity index is 4320. The number of hydrogen-bond donors (Lipinski definition) is 0. The molecule has 0 spiro atoms. The molecule has 0 N–H and O–H groups in total. The van der Waals surface area contributed by atoms with Gasteiger partial charge in [0.2, 0.25) is 23.6 Å². The summed E-state index contributed by atoms with van der Waals surface area (Å²) in [7, 11) is 0. The van der Waals surface area contributed by atoms with Crippen molar-refractivity contribution in [3.05, 3.63) is 255 Å². The highest BCUT2D eigenvalue weighted by atomic mass is 16.4. The highest BCUT2D eigenvalue weighted by molar-refractivity contribution is 6.26. The van der Waals surface area contributed by atoms with Crippen molar-refractivity contribution in [3.8, 4) is 73.8 Å². The lowest BCUT2D eigenvalue weighted by Crippen LogP contribution is -2.11. The molecule has 8 nitrogen and oxygen atoms in total. The van der Waals surface area contributed by atoms with E-state index < -0.39 is 0 Å². The molecule has 0 saturated carbocycles. The first kappa shape index (κ1) is 42.7. The van der Waals surface area contributed by atoms with Crippen LogP contribution >= 0.6 is 0 Å². The van der Waals surface area contributed by atoms with Crippen molar-refractivity contribution in [1.82, 2.24) is 25.0 Å². The Morgan fingerprint density at radius 1 is 0.297 bits per heavy atom. The lowest BCUT2D eigenvalue weighted by molar-refractivity contribution is 0.584. The molecule has 0 amide bonds. The number of para-hydroxylation sites is 3. The minimum Gasteiger partial charge on any atom is -0.416 e. The number of rotatable bonds is 10. The van der Waals surface area contributed by atoms with Crippen LogP contribution in [0.2, 0.25) is 0 Å². The zero-order chi connectivity index (χ0) is 49.0. The van der Waals surface area contributed by atoms with E-state index in [0.29, 0.717) is 23.6 Å². The van der Waals surface area contributed by atoms with Gasteiger partial charge in [0.05, 0.1) is 16.7 Å². The van der Waals surface area contributed by atoms with Crippen molar-refractivity contribution >= 4 is 60.4 Å². The minimum absolute atomic E-state index is 0.426. The lowest BCUT2D eigenvalue weighted by atomic mass is 9.83. The van der Waals surface area contributed by atoms with E-state index in [2.05, 4.69) is 207 Å². The smallest absolute Gasteiger partial charge is 0.248 e. The molecule has 0 radical (unpaired) electrons. The summed E-state index contributed by atoms with van der Waals surface area (Å²) in [4.78, 5) is 2.37. The van der Waals surface area contributed by atoms with Crippen LogP contribution in [-0.4, -0.2) is 25.0 Å². The second-order valence-electron chi connectivity index (χ2n) is 18.2. The summed E-state index contributed by atoms with van der Waals surface area (Å²) >= 11 is 0. The average Bonchev–Trinajstić information content (AvgIpc) is 4.26. The molecule has 0 aliphatic rings. The maximum Gasteiger partial charge on any atom is 0.248 e. The number of benzene rings is 11. The highest BCUT2D eigenvalue weighted by Gasteiger charge is 2.27. The maximum absolute atomic E-state index is 6.59. The van der Waals surface area contributed by atoms with Gasteiger partial charge in [-0.05, 0) is 124 Å². The van der Waals surface area contributed by atoms with Crippen molar-refractivity contribution in [2.45, 2.75) is 0 Å². The first-order valence-corrected chi connectivity index (χ1v) is 24.6. The van der Waals surface area contributed by atoms with E-state index in [1.54, 1.807) is 0 Å². The molecular formula is C66H42N6O2. The molecule has 0 fully saturated rings. The second-order valence-corrected chi connectivity index (χ2v) is 18.2. The molecule has 0 atom stereocenters. The molecule has 3 aromatic heterocycles. The molecular weight excluding hydrogens is 909 g/mol. The second kappa shape index (κ2) is 17.9. The maximum atomic E-state index is 6.59. The molecule has 0 saturated heterocycles. The van der Waals surface area contributed by atoms with Gasteiger partial charge < -0.3 is 18.3 Å². The fraction of sp³-hybridized carbons (Fsp3) is 0. The largest absolute Gasteiger partial charge is 0.416 e. The third kappa shape index (κ3) is 7.15. The van der Waals surface area contributed by atoms with E-state index >= 15 is 0 Å². The van der Waals surface area contributed by atoms with Crippen molar-refractivity contribution in [1.29, 1.82) is 0 Å². The van der Waals surface area contributed by atoms with Gasteiger partial charge >= 0.3 is 0 Å². The normalized spacial score (nSPS) is 11.5. The molecule has 348 valence electrons. The molecule has 74 heavy (non-hydrogen) atoms. The van der Waals surface area contributed by atoms with Crippen molar-refractivity contribution in [2.75, 3.05) is 4.90 Å². The predicted molar refractivity (Wildman–Crippen MR) is 299 cm³/mol. The summed E-state index contributed by atoms with van der Waals surface area (Å²) in [5, 5.41) is 25.1. The Morgan fingerprint density at radius 3 is 1.26 bits per heavy atom. The Balaban J connectivity index is 1.04. The van der Waals surface area contributed by atoms with Crippen molar-refractivity contribution in [3.63, 3.8) is 0 Å². The van der Waals surface area contributed by atoms with Crippen LogP contribution in [-0.2, 0) is 0 Å². The summed E-state index contributed by atoms with van der Waals surface area (Å²) in [6, 6.07) is 88.6. The van der Waals surface area contributed by atoms with E-state index in [1.165, 1.54) is 10.8 Å². The fourth-order valence-electron chi connectivity index (χ4n) is 10.8. The number of nitrogens with zero attached hydrogens (tertiary/aromatic N) is 6. The number of aromatic nitrogens is 5. The molecule has 0 aliphatic heterocycles. The standard InChI is InChI=1S/C66H42N6O2/c1-4-21-43(22-5-1)63-67-69-65(73-63)54-33-14-12-31-52(54)60-50-29-10-11-30-51(50)61(53-32-13-15-34-55(53)66-70-68-64(74-66)44-23-6-2-7-24-44)62-56(60)35-20-38-59(62)71(45-25-8-3-9-26-45)46-39-41-47(42-40-46)72-57-36-18-16-27-48(57)49-28-17-19-37-58(49)72/h1-42H. The molecule has 14 aromatic rings. The Kier molecular flexibility index (Phi) is 10.3. The van der Waals surface area contributed by atoms with Gasteiger partial charge in [-0.25, -0.2) is 0 Å². The van der Waals surface area contributed by atoms with Crippen molar-refractivity contribution in [2.24, 2.45) is 0 Å². The van der Waals surface area contributed by atoms with Gasteiger partial charge in [0.15, 0.2) is 0 Å². The van der Waals surface area contributed by atoms with Crippen LogP contribution in [0.15, 0.2) is 264 Å². The lowest BCUT2D eigenvalue weighted by Gasteiger charge is -2.29. The Hall–Kier alpha value is -10.2. The van der Waals surface area contributed by atoms with E-state index in [-0.39, 0.29) is 0 Å². The quantitative estimate of drug-likeness (QED) is 0.126. The highest BCUT2D eigenvalue weighted by Crippen LogP contribution is 2.52. The minimum atomic E-state index is 0.426. The molecule has 11 aromatic carbocycles. The van der Waals surface area contributed by atoms with Crippen LogP contribution in [0.3, 0.4) is 0 Å². The van der Waals surface area contributed by atoms with Gasteiger partial charge in [-0.1, -0.05) is 164 Å². The van der Waals surface area contributed by atoms with Crippen LogP contribution in [0, 0.1) is 0 Å². The summed E-state index contributed by atoms with van der Waals surface area (Å²) in [6.45, 7) is 0. The van der Waals surface area contributed by atoms with Gasteiger partial charge in [0, 0.05) is 61.0 Å². The number of hydrogen-bond acceptors (Lipinski definition) is 7. The summed E-state index contributed by atoms with van der Waals surface area (Å²) < 4.78 is 15.5. The third-order valence-electron chi connectivity index (χ3n) is 14.0. The van der Waals surface area contributed by atoms with Crippen LogP contribution in [0.5, 0.6) is 0 Å². The summed E-state index contributed by atoms with van der Waals surface area (Å²) in [6.07, 6.45) is 0. The first-order valence-electron chi connectivity index (χ1n) is 24.6. The van der Waals surface area contributed by atoms with E-state index in [1.807, 2.05) is 72.8 Å². The Morgan fingerprint density at radius 2 is 0.703 bits per heavy atom. The monoisotopic (exact) mass is 950 g/mol. The van der Waals surface area contributed by atoms with Gasteiger partial charge in [-0.15, -0.1) is 20.4 Å². The van der Waals surface area contributed by atoms with Crippen LogP contribution in [0.25, 0.3) is 117 Å². The van der Waals surface area contributed by atoms with E-state index in [4.69, 9.17) is 13.9 Å². The van der Waals surface area contributed by atoms with Gasteiger partial charge in [0.25, 0.3) is 0 Å². The van der Waals surface area contributed by atoms with E-state index in [0.717, 1.165) is 99.8 Å². The zero-order valence-corrected chi connectivity index (χ0v) is 39.7. The van der Waals surface area contributed by atoms with Crippen LogP contribution < -0.4 is 4.90 Å². The van der Waals surface area contributed by atoms with E-state index in [9.17, 15) is 0 Å². The Labute approximate surface area is 425 Å². The zero-order valence-electron chi connectivity index (χ0n) is 39.7. The molecule has 0 bridgehead atoms. The van der Waals surface area contributed by atoms with Gasteiger partial charge in [0.1, 0.15) is 0 Å². The molecule has 0 unspecified atom stereocenters. The molecule has 0 aliphatic carbocycles. The SMILES string of the molecule is c1ccc(-c2nnc(-c3ccccc3-c3c4ccccc4c(-c4ccccc4-c4nnc(-c5ccccc5)o4)c4c(N(c5ccccc5)c5ccc(-n6c7ccccc7c7ccccc76)cc5)cccc34)o2)cc1. The summed E-state index contributed by atoms with van der Waals surface area (Å²) in [5.74, 6) is 1.77. The fourth-order valence-corrected chi connectivity index (χ4v) is 10.8. The predicted octanol–water partition coefficient (Wildman–Crippen LogP) is 17.3. The first-order chi connectivity index (χ1) is 36.7. The molecule has 3 heterocycles. The van der Waals surface area contributed by atoms with Crippen LogP contribution in [0.1, 0.15) is 0 Å². The molecule has 14 rings (SSSR count). The number of fused-ring (bicyclic) bond motifs is 5. The van der Waals surface area contributed by atoms with Crippen molar-refractivity contribution < 1.29 is 8.83 Å². The summed E-state index contributed by atoms with van der Waals surface area (Å²) in [5.41, 5.74) is 13.7. The average molecular weight is 951 g/mol. The topological polar surface area (TPSA) is 86.0 Å². The van der Waals surface area contributed by atoms with Crippen LogP contribution in [0.4, 0.5) is 17.1 Å². The molecule has 8 heteroatoms. The third-order valence-corrected chi connectivity index (χ3v) is 14.0. The van der Waals surface area contributed by atoms with Gasteiger partial charge in [-0.3, -0.25) is 0 Å². The number of anilines is 3. The van der Waals surface area contributed by atoms with Gasteiger partial charge in [-0.2, -0.15) is 0 Å².